The molecule has 0 aliphatic carbocycles. The van der Waals surface area contributed by atoms with Gasteiger partial charge in [-0.05, 0) is 38.0 Å². The van der Waals surface area contributed by atoms with Crippen LogP contribution in [0.4, 0.5) is 0 Å². The number of aliphatic hydroxyl groups excluding tert-OH is 1. The van der Waals surface area contributed by atoms with Gasteiger partial charge >= 0.3 is 5.97 Å². The Morgan fingerprint density at radius 1 is 1.19 bits per heavy atom. The Balaban J connectivity index is 1.93. The largest absolute Gasteiger partial charge is 0.465 e. The number of nitrogens with zero attached hydrogens (tertiary/aromatic N) is 2. The van der Waals surface area contributed by atoms with Gasteiger partial charge in [0.25, 0.3) is 0 Å². The molecular weight excluding hydrogens is 488 g/mol. The zero-order chi connectivity index (χ0) is 27.0. The van der Waals surface area contributed by atoms with Crippen LogP contribution in [-0.2, 0) is 19.1 Å². The van der Waals surface area contributed by atoms with E-state index in [9.17, 15) is 14.4 Å². The quantitative estimate of drug-likeness (QED) is 0.171. The number of carbonyl (C=O) groups is 3. The lowest BCUT2D eigenvalue weighted by molar-refractivity contribution is -0.154. The van der Waals surface area contributed by atoms with Crippen molar-refractivity contribution >= 4 is 29.5 Å². The second-order valence-corrected chi connectivity index (χ2v) is 12.3. The van der Waals surface area contributed by atoms with Crippen LogP contribution in [0.3, 0.4) is 0 Å². The number of hydrogen-bond acceptors (Lipinski definition) is 6. The Hall–Kier alpha value is -1.80. The van der Waals surface area contributed by atoms with Crippen molar-refractivity contribution in [3.8, 4) is 0 Å². The van der Waals surface area contributed by atoms with E-state index < -0.39 is 22.6 Å². The number of thioether (sulfide) groups is 1. The summed E-state index contributed by atoms with van der Waals surface area (Å²) in [6.45, 7) is 13.9. The fourth-order valence-corrected chi connectivity index (χ4v) is 8.97. The van der Waals surface area contributed by atoms with Gasteiger partial charge in [-0.1, -0.05) is 51.7 Å². The summed E-state index contributed by atoms with van der Waals surface area (Å²) < 4.78 is 4.97. The third-order valence-electron chi connectivity index (χ3n) is 8.32. The van der Waals surface area contributed by atoms with Crippen molar-refractivity contribution in [2.75, 3.05) is 32.8 Å². The zero-order valence-corrected chi connectivity index (χ0v) is 23.6. The first-order valence-electron chi connectivity index (χ1n) is 14.1. The van der Waals surface area contributed by atoms with E-state index in [0.717, 1.165) is 51.4 Å². The molecule has 1 spiro atoms. The van der Waals surface area contributed by atoms with Crippen LogP contribution in [0.25, 0.3) is 0 Å². The van der Waals surface area contributed by atoms with Crippen LogP contribution >= 0.6 is 11.8 Å². The van der Waals surface area contributed by atoms with Crippen molar-refractivity contribution in [2.24, 2.45) is 17.8 Å². The summed E-state index contributed by atoms with van der Waals surface area (Å²) >= 11 is 1.70. The minimum Gasteiger partial charge on any atom is -0.465 e. The van der Waals surface area contributed by atoms with E-state index in [-0.39, 0.29) is 42.2 Å². The predicted molar refractivity (Wildman–Crippen MR) is 148 cm³/mol. The van der Waals surface area contributed by atoms with Gasteiger partial charge in [0.15, 0.2) is 0 Å². The van der Waals surface area contributed by atoms with E-state index in [0.29, 0.717) is 26.1 Å². The number of rotatable bonds is 17. The SMILES string of the molecule is C=CCCOC(=O)[C@@H]1[C@@H]2CC(C)C3(S2)C(C(=O)N(CC=C)CCCCC)N(CCCCCCO)C(=O)[C@H]13. The van der Waals surface area contributed by atoms with E-state index in [1.165, 1.54) is 0 Å². The third kappa shape index (κ3) is 5.95. The molecule has 8 heteroatoms. The number of amides is 2. The van der Waals surface area contributed by atoms with Gasteiger partial charge in [0.05, 0.1) is 23.2 Å². The Morgan fingerprint density at radius 3 is 2.62 bits per heavy atom. The number of aliphatic hydroxyl groups is 1. The molecule has 3 heterocycles. The molecule has 3 aliphatic heterocycles. The highest BCUT2D eigenvalue weighted by atomic mass is 32.2. The summed E-state index contributed by atoms with van der Waals surface area (Å²) in [4.78, 5) is 45.3. The minimum absolute atomic E-state index is 0.00451. The van der Waals surface area contributed by atoms with Crippen LogP contribution in [0.2, 0.25) is 0 Å². The van der Waals surface area contributed by atoms with Crippen LogP contribution in [0.5, 0.6) is 0 Å². The Labute approximate surface area is 227 Å². The van der Waals surface area contributed by atoms with Crippen molar-refractivity contribution < 1.29 is 24.2 Å². The fourth-order valence-electron chi connectivity index (χ4n) is 6.57. The van der Waals surface area contributed by atoms with E-state index in [1.807, 2.05) is 4.90 Å². The summed E-state index contributed by atoms with van der Waals surface area (Å²) in [5.41, 5.74) is 0. The van der Waals surface area contributed by atoms with Gasteiger partial charge in [0, 0.05) is 31.5 Å². The van der Waals surface area contributed by atoms with Crippen molar-refractivity contribution in [1.82, 2.24) is 9.80 Å². The first-order valence-corrected chi connectivity index (χ1v) is 15.0. The first kappa shape index (κ1) is 29.8. The summed E-state index contributed by atoms with van der Waals surface area (Å²) in [5, 5.41) is 9.12. The minimum atomic E-state index is -0.615. The lowest BCUT2D eigenvalue weighted by atomic mass is 9.66. The summed E-state index contributed by atoms with van der Waals surface area (Å²) in [5.74, 6) is -1.30. The molecule has 0 aromatic heterocycles. The predicted octanol–water partition coefficient (Wildman–Crippen LogP) is 4.20. The third-order valence-corrected chi connectivity index (χ3v) is 10.4. The van der Waals surface area contributed by atoms with E-state index in [2.05, 4.69) is 27.0 Å². The highest BCUT2D eigenvalue weighted by molar-refractivity contribution is 8.02. The number of esters is 1. The molecule has 3 aliphatic rings. The number of hydrogen-bond donors (Lipinski definition) is 1. The Bertz CT molecular complexity index is 835. The fraction of sp³-hybridized carbons (Fsp3) is 0.759. The van der Waals surface area contributed by atoms with Gasteiger partial charge < -0.3 is 19.6 Å². The highest BCUT2D eigenvalue weighted by Crippen LogP contribution is 2.68. The second kappa shape index (κ2) is 13.8. The summed E-state index contributed by atoms with van der Waals surface area (Å²) in [6.07, 6.45) is 11.2. The van der Waals surface area contributed by atoms with E-state index in [4.69, 9.17) is 9.84 Å². The van der Waals surface area contributed by atoms with Crippen molar-refractivity contribution in [1.29, 1.82) is 0 Å². The van der Waals surface area contributed by atoms with Crippen molar-refractivity contribution in [3.05, 3.63) is 25.3 Å². The topological polar surface area (TPSA) is 87.2 Å². The average Bonchev–Trinajstić information content (AvgIpc) is 3.47. The van der Waals surface area contributed by atoms with Crippen LogP contribution in [-0.4, -0.2) is 81.6 Å². The molecule has 2 amide bonds. The van der Waals surface area contributed by atoms with E-state index >= 15 is 0 Å². The average molecular weight is 535 g/mol. The highest BCUT2D eigenvalue weighted by Gasteiger charge is 2.76. The molecule has 0 aromatic carbocycles. The zero-order valence-electron chi connectivity index (χ0n) is 22.7. The second-order valence-electron chi connectivity index (χ2n) is 10.7. The van der Waals surface area contributed by atoms with Crippen LogP contribution < -0.4 is 0 Å². The number of likely N-dealkylation sites (tertiary alicyclic amines) is 1. The molecule has 6 atom stereocenters. The van der Waals surface area contributed by atoms with Gasteiger partial charge in [-0.2, -0.15) is 0 Å². The normalized spacial score (nSPS) is 29.9. The van der Waals surface area contributed by atoms with E-state index in [1.54, 1.807) is 28.8 Å². The van der Waals surface area contributed by atoms with Crippen LogP contribution in [0.1, 0.15) is 71.6 Å². The molecule has 0 aromatic rings. The van der Waals surface area contributed by atoms with Crippen molar-refractivity contribution in [2.45, 2.75) is 87.7 Å². The number of fused-ring (bicyclic) bond motifs is 1. The molecule has 0 radical (unpaired) electrons. The Kier molecular flexibility index (Phi) is 11.1. The molecule has 37 heavy (non-hydrogen) atoms. The summed E-state index contributed by atoms with van der Waals surface area (Å²) in [6, 6.07) is -0.583. The monoisotopic (exact) mass is 534 g/mol. The molecule has 3 saturated heterocycles. The Morgan fingerprint density at radius 2 is 1.95 bits per heavy atom. The number of ether oxygens (including phenoxy) is 1. The maximum Gasteiger partial charge on any atom is 0.310 e. The lowest BCUT2D eigenvalue weighted by Crippen LogP contribution is -2.57. The van der Waals surface area contributed by atoms with Gasteiger partial charge in [0.1, 0.15) is 6.04 Å². The maximum absolute atomic E-state index is 14.3. The van der Waals surface area contributed by atoms with Gasteiger partial charge in [0.2, 0.25) is 11.8 Å². The van der Waals surface area contributed by atoms with Crippen LogP contribution in [0, 0.1) is 17.8 Å². The number of unbranched alkanes of at least 4 members (excludes halogenated alkanes) is 5. The standard InChI is InChI=1S/C29H46N2O5S/c1-5-8-12-16-30(15-7-3)27(34)25-29-21(4)20-22(37-29)23(28(35)36-19-9-6-2)24(29)26(33)31(25)17-13-10-11-14-18-32/h6-7,21-25,32H,2-3,5,8-20H2,1,4H3/t21?,22-,23+,24-,25?,29?/m0/s1. The van der Waals surface area contributed by atoms with Crippen molar-refractivity contribution in [3.63, 3.8) is 0 Å². The summed E-state index contributed by atoms with van der Waals surface area (Å²) in [7, 11) is 0. The number of carbonyl (C=O) groups excluding carboxylic acids is 3. The molecule has 1 N–H and O–H groups in total. The first-order chi connectivity index (χ1) is 17.9. The lowest BCUT2D eigenvalue weighted by Gasteiger charge is -2.40. The molecule has 208 valence electrons. The van der Waals surface area contributed by atoms with Gasteiger partial charge in [-0.25, -0.2) is 0 Å². The van der Waals surface area contributed by atoms with Crippen LogP contribution in [0.15, 0.2) is 25.3 Å². The molecule has 3 rings (SSSR count). The molecule has 0 saturated carbocycles. The molecule has 3 unspecified atom stereocenters. The maximum atomic E-state index is 14.3. The molecular formula is C29H46N2O5S. The smallest absolute Gasteiger partial charge is 0.310 e. The van der Waals surface area contributed by atoms with Gasteiger partial charge in [-0.15, -0.1) is 24.9 Å². The molecule has 3 fully saturated rings. The van der Waals surface area contributed by atoms with Gasteiger partial charge in [-0.3, -0.25) is 14.4 Å². The molecule has 7 nitrogen and oxygen atoms in total. The molecule has 2 bridgehead atoms.